The van der Waals surface area contributed by atoms with E-state index in [1.165, 1.54) is 0 Å². The van der Waals surface area contributed by atoms with Gasteiger partial charge in [-0.1, -0.05) is 12.1 Å². The van der Waals surface area contributed by atoms with Gasteiger partial charge >= 0.3 is 0 Å². The highest BCUT2D eigenvalue weighted by Gasteiger charge is 2.22. The van der Waals surface area contributed by atoms with Gasteiger partial charge in [0.2, 0.25) is 0 Å². The lowest BCUT2D eigenvalue weighted by atomic mass is 10.1. The maximum atomic E-state index is 9.18. The highest BCUT2D eigenvalue weighted by molar-refractivity contribution is 5.60. The van der Waals surface area contributed by atoms with Gasteiger partial charge in [-0.15, -0.1) is 0 Å². The van der Waals surface area contributed by atoms with Crippen molar-refractivity contribution in [3.05, 3.63) is 29.8 Å². The van der Waals surface area contributed by atoms with E-state index in [4.69, 9.17) is 5.26 Å². The number of benzene rings is 1. The number of hydrogen-bond donors (Lipinski definition) is 1. The molecule has 0 bridgehead atoms. The van der Waals surface area contributed by atoms with Crippen LogP contribution in [0.15, 0.2) is 24.3 Å². The van der Waals surface area contributed by atoms with Crippen molar-refractivity contribution >= 4 is 5.69 Å². The molecule has 0 aliphatic carbocycles. The molecule has 2 rings (SSSR count). The Morgan fingerprint density at radius 2 is 2.17 bits per heavy atom. The van der Waals surface area contributed by atoms with E-state index in [9.17, 15) is 5.26 Å². The lowest BCUT2D eigenvalue weighted by Gasteiger charge is -2.31. The molecule has 0 radical (unpaired) electrons. The Labute approximate surface area is 107 Å². The van der Waals surface area contributed by atoms with Gasteiger partial charge < -0.3 is 10.2 Å². The summed E-state index contributed by atoms with van der Waals surface area (Å²) < 4.78 is 0. The predicted octanol–water partition coefficient (Wildman–Crippen LogP) is 1.64. The summed E-state index contributed by atoms with van der Waals surface area (Å²) in [7, 11) is 0. The second-order valence-electron chi connectivity index (χ2n) is 4.40. The average molecular weight is 240 g/mol. The lowest BCUT2D eigenvalue weighted by molar-refractivity contribution is 0.597. The summed E-state index contributed by atoms with van der Waals surface area (Å²) in [6.45, 7) is 2.65. The molecule has 0 aromatic heterocycles. The maximum Gasteiger partial charge on any atom is 0.101 e. The molecule has 92 valence electrons. The zero-order chi connectivity index (χ0) is 12.8. The highest BCUT2D eigenvalue weighted by atomic mass is 15.2. The first-order valence-electron chi connectivity index (χ1n) is 6.20. The Bertz CT molecular complexity index is 483. The summed E-state index contributed by atoms with van der Waals surface area (Å²) in [5, 5.41) is 21.5. The molecule has 4 heteroatoms. The number of nitriles is 2. The summed E-state index contributed by atoms with van der Waals surface area (Å²) in [5.74, 6) is 0. The molecule has 0 amide bonds. The van der Waals surface area contributed by atoms with E-state index in [0.717, 1.165) is 31.7 Å². The summed E-state index contributed by atoms with van der Waals surface area (Å²) >= 11 is 0. The molecule has 1 unspecified atom stereocenters. The van der Waals surface area contributed by atoms with Crippen molar-refractivity contribution in [3.8, 4) is 12.1 Å². The minimum atomic E-state index is 0.145. The molecule has 1 heterocycles. The van der Waals surface area contributed by atoms with Crippen LogP contribution < -0.4 is 10.2 Å². The standard InChI is InChI=1S/C14H16N4/c15-7-6-13-11-17-8-3-9-18(13)14-5-2-1-4-12(14)10-16/h1-2,4-5,13,17H,3,6,8-9,11H2. The van der Waals surface area contributed by atoms with Crippen molar-refractivity contribution in [1.82, 2.24) is 5.32 Å². The minimum absolute atomic E-state index is 0.145. The molecule has 1 atom stereocenters. The topological polar surface area (TPSA) is 62.9 Å². The van der Waals surface area contributed by atoms with Crippen molar-refractivity contribution in [1.29, 1.82) is 10.5 Å². The highest BCUT2D eigenvalue weighted by Crippen LogP contribution is 2.24. The van der Waals surface area contributed by atoms with E-state index in [1.54, 1.807) is 0 Å². The Balaban J connectivity index is 2.32. The number of para-hydroxylation sites is 1. The Morgan fingerprint density at radius 1 is 1.33 bits per heavy atom. The fourth-order valence-electron chi connectivity index (χ4n) is 2.36. The normalized spacial score (nSPS) is 19.7. The SMILES string of the molecule is N#CCC1CNCCCN1c1ccccc1C#N. The summed E-state index contributed by atoms with van der Waals surface area (Å²) in [4.78, 5) is 2.20. The van der Waals surface area contributed by atoms with Gasteiger partial charge in [0.25, 0.3) is 0 Å². The van der Waals surface area contributed by atoms with Crippen LogP contribution in [0.1, 0.15) is 18.4 Å². The molecular weight excluding hydrogens is 224 g/mol. The summed E-state index contributed by atoms with van der Waals surface area (Å²) in [6.07, 6.45) is 1.51. The predicted molar refractivity (Wildman–Crippen MR) is 70.0 cm³/mol. The molecule has 1 saturated heterocycles. The third kappa shape index (κ3) is 2.61. The molecular formula is C14H16N4. The second-order valence-corrected chi connectivity index (χ2v) is 4.40. The van der Waals surface area contributed by atoms with Crippen LogP contribution in [-0.2, 0) is 0 Å². The molecule has 1 aromatic rings. The quantitative estimate of drug-likeness (QED) is 0.853. The molecule has 18 heavy (non-hydrogen) atoms. The zero-order valence-corrected chi connectivity index (χ0v) is 10.3. The van der Waals surface area contributed by atoms with Crippen LogP contribution in [-0.4, -0.2) is 25.7 Å². The molecule has 1 aromatic carbocycles. The van der Waals surface area contributed by atoms with Gasteiger partial charge in [0.05, 0.1) is 29.8 Å². The molecule has 1 N–H and O–H groups in total. The number of anilines is 1. The number of nitrogens with zero attached hydrogens (tertiary/aromatic N) is 3. The zero-order valence-electron chi connectivity index (χ0n) is 10.3. The van der Waals surface area contributed by atoms with Gasteiger partial charge in [0, 0.05) is 13.1 Å². The van der Waals surface area contributed by atoms with Crippen LogP contribution in [0.4, 0.5) is 5.69 Å². The Kier molecular flexibility index (Phi) is 4.17. The van der Waals surface area contributed by atoms with Gasteiger partial charge in [-0.3, -0.25) is 0 Å². The first-order chi connectivity index (χ1) is 8.86. The van der Waals surface area contributed by atoms with E-state index in [2.05, 4.69) is 22.4 Å². The molecule has 1 aliphatic rings. The number of hydrogen-bond acceptors (Lipinski definition) is 4. The average Bonchev–Trinajstić information content (AvgIpc) is 2.65. The van der Waals surface area contributed by atoms with E-state index in [-0.39, 0.29) is 6.04 Å². The van der Waals surface area contributed by atoms with E-state index >= 15 is 0 Å². The molecule has 0 saturated carbocycles. The van der Waals surface area contributed by atoms with Crippen LogP contribution in [0.3, 0.4) is 0 Å². The monoisotopic (exact) mass is 240 g/mol. The van der Waals surface area contributed by atoms with Gasteiger partial charge in [-0.25, -0.2) is 0 Å². The Hall–Kier alpha value is -2.04. The van der Waals surface area contributed by atoms with Gasteiger partial charge in [0.1, 0.15) is 6.07 Å². The van der Waals surface area contributed by atoms with E-state index in [1.807, 2.05) is 24.3 Å². The van der Waals surface area contributed by atoms with Gasteiger partial charge in [0.15, 0.2) is 0 Å². The molecule has 1 aliphatic heterocycles. The lowest BCUT2D eigenvalue weighted by Crippen LogP contribution is -2.40. The molecule has 1 fully saturated rings. The van der Waals surface area contributed by atoms with Crippen molar-refractivity contribution in [3.63, 3.8) is 0 Å². The minimum Gasteiger partial charge on any atom is -0.365 e. The van der Waals surface area contributed by atoms with Gasteiger partial charge in [-0.05, 0) is 25.1 Å². The van der Waals surface area contributed by atoms with Crippen LogP contribution in [0.25, 0.3) is 0 Å². The second kappa shape index (κ2) is 6.05. The fraction of sp³-hybridized carbons (Fsp3) is 0.429. The van der Waals surface area contributed by atoms with Crippen LogP contribution >= 0.6 is 0 Å². The van der Waals surface area contributed by atoms with Gasteiger partial charge in [-0.2, -0.15) is 10.5 Å². The van der Waals surface area contributed by atoms with Crippen LogP contribution in [0.5, 0.6) is 0 Å². The number of nitrogens with one attached hydrogen (secondary N) is 1. The largest absolute Gasteiger partial charge is 0.365 e. The summed E-state index contributed by atoms with van der Waals surface area (Å²) in [5.41, 5.74) is 1.63. The smallest absolute Gasteiger partial charge is 0.101 e. The Morgan fingerprint density at radius 3 is 2.94 bits per heavy atom. The van der Waals surface area contributed by atoms with E-state index < -0.39 is 0 Å². The first-order valence-corrected chi connectivity index (χ1v) is 6.20. The van der Waals surface area contributed by atoms with Crippen molar-refractivity contribution in [2.24, 2.45) is 0 Å². The van der Waals surface area contributed by atoms with Crippen LogP contribution in [0, 0.1) is 22.7 Å². The fourth-order valence-corrected chi connectivity index (χ4v) is 2.36. The first kappa shape index (κ1) is 12.4. The van der Waals surface area contributed by atoms with Crippen molar-refractivity contribution in [2.75, 3.05) is 24.5 Å². The number of rotatable bonds is 2. The maximum absolute atomic E-state index is 9.18. The summed E-state index contributed by atoms with van der Waals surface area (Å²) in [6, 6.07) is 12.2. The van der Waals surface area contributed by atoms with E-state index in [0.29, 0.717) is 12.0 Å². The molecule has 0 spiro atoms. The molecule has 4 nitrogen and oxygen atoms in total. The van der Waals surface area contributed by atoms with Crippen molar-refractivity contribution < 1.29 is 0 Å². The van der Waals surface area contributed by atoms with Crippen LogP contribution in [0.2, 0.25) is 0 Å². The third-order valence-corrected chi connectivity index (χ3v) is 3.23. The third-order valence-electron chi connectivity index (χ3n) is 3.23. The van der Waals surface area contributed by atoms with Crippen molar-refractivity contribution in [2.45, 2.75) is 18.9 Å².